The van der Waals surface area contributed by atoms with E-state index in [0.717, 1.165) is 11.3 Å². The van der Waals surface area contributed by atoms with E-state index in [1.807, 2.05) is 26.0 Å². The van der Waals surface area contributed by atoms with Gasteiger partial charge in [0.05, 0.1) is 18.7 Å². The van der Waals surface area contributed by atoms with Crippen molar-refractivity contribution < 1.29 is 19.0 Å². The zero-order valence-electron chi connectivity index (χ0n) is 12.0. The lowest BCUT2D eigenvalue weighted by atomic mass is 10.1. The second-order valence-corrected chi connectivity index (χ2v) is 4.24. The Morgan fingerprint density at radius 1 is 1.21 bits per heavy atom. The zero-order valence-corrected chi connectivity index (χ0v) is 12.0. The van der Waals surface area contributed by atoms with Crippen LogP contribution in [0.5, 0.6) is 0 Å². The quantitative estimate of drug-likeness (QED) is 0.632. The molecule has 0 aliphatic heterocycles. The minimum Gasteiger partial charge on any atom is -0.465 e. The molecule has 0 fully saturated rings. The first-order valence-electron chi connectivity index (χ1n) is 6.05. The van der Waals surface area contributed by atoms with E-state index >= 15 is 0 Å². The second kappa shape index (κ2) is 7.11. The summed E-state index contributed by atoms with van der Waals surface area (Å²) in [5, 5.41) is 3.27. The Balaban J connectivity index is 2.93. The highest BCUT2D eigenvalue weighted by molar-refractivity contribution is 5.92. The van der Waals surface area contributed by atoms with Gasteiger partial charge in [0, 0.05) is 19.9 Å². The number of hydrogen-bond donors (Lipinski definition) is 1. The van der Waals surface area contributed by atoms with Crippen molar-refractivity contribution >= 4 is 11.7 Å². The summed E-state index contributed by atoms with van der Waals surface area (Å²) in [6.07, 6.45) is -0.360. The lowest BCUT2D eigenvalue weighted by Crippen LogP contribution is -2.34. The van der Waals surface area contributed by atoms with Crippen LogP contribution in [-0.2, 0) is 14.2 Å². The van der Waals surface area contributed by atoms with Crippen molar-refractivity contribution in [1.29, 1.82) is 0 Å². The summed E-state index contributed by atoms with van der Waals surface area (Å²) in [7, 11) is 4.55. The minimum atomic E-state index is -0.360. The molecule has 0 spiro atoms. The Bertz CT molecular complexity index is 429. The molecule has 0 aromatic heterocycles. The zero-order chi connectivity index (χ0) is 14.4. The van der Waals surface area contributed by atoms with Gasteiger partial charge in [-0.25, -0.2) is 4.79 Å². The van der Waals surface area contributed by atoms with Crippen LogP contribution >= 0.6 is 0 Å². The molecule has 0 amide bonds. The van der Waals surface area contributed by atoms with Crippen molar-refractivity contribution in [3.05, 3.63) is 29.3 Å². The molecular formula is C14H21NO4. The monoisotopic (exact) mass is 267 g/mol. The van der Waals surface area contributed by atoms with Gasteiger partial charge in [-0.05, 0) is 31.5 Å². The summed E-state index contributed by atoms with van der Waals surface area (Å²) in [6.45, 7) is 3.82. The third-order valence-electron chi connectivity index (χ3n) is 3.00. The highest BCUT2D eigenvalue weighted by atomic mass is 16.7. The van der Waals surface area contributed by atoms with Crippen LogP contribution in [0.4, 0.5) is 5.69 Å². The number of hydrogen-bond acceptors (Lipinski definition) is 5. The molecule has 0 heterocycles. The number of carbonyl (C=O) groups excluding carboxylic acids is 1. The summed E-state index contributed by atoms with van der Waals surface area (Å²) in [5.41, 5.74) is 2.24. The highest BCUT2D eigenvalue weighted by Gasteiger charge is 2.18. The number of rotatable bonds is 6. The van der Waals surface area contributed by atoms with Gasteiger partial charge in [-0.3, -0.25) is 0 Å². The topological polar surface area (TPSA) is 56.8 Å². The normalized spacial score (nSPS) is 12.3. The minimum absolute atomic E-state index is 0.0541. The van der Waals surface area contributed by atoms with Crippen LogP contribution in [-0.4, -0.2) is 39.6 Å². The van der Waals surface area contributed by atoms with Gasteiger partial charge < -0.3 is 19.5 Å². The molecule has 0 saturated heterocycles. The van der Waals surface area contributed by atoms with Gasteiger partial charge in [0.1, 0.15) is 0 Å². The molecule has 5 heteroatoms. The molecule has 0 aliphatic rings. The average molecular weight is 267 g/mol. The van der Waals surface area contributed by atoms with Crippen LogP contribution in [0.3, 0.4) is 0 Å². The van der Waals surface area contributed by atoms with Crippen LogP contribution in [0, 0.1) is 6.92 Å². The van der Waals surface area contributed by atoms with Gasteiger partial charge in [0.15, 0.2) is 6.29 Å². The third-order valence-corrected chi connectivity index (χ3v) is 3.00. The van der Waals surface area contributed by atoms with E-state index in [1.165, 1.54) is 7.11 Å². The maximum atomic E-state index is 11.6. The summed E-state index contributed by atoms with van der Waals surface area (Å²) >= 11 is 0. The number of anilines is 1. The van der Waals surface area contributed by atoms with Crippen LogP contribution < -0.4 is 5.32 Å². The van der Waals surface area contributed by atoms with E-state index in [1.54, 1.807) is 20.3 Å². The fourth-order valence-electron chi connectivity index (χ4n) is 1.94. The number of nitrogens with one attached hydrogen (secondary N) is 1. The fourth-order valence-corrected chi connectivity index (χ4v) is 1.94. The van der Waals surface area contributed by atoms with Crippen molar-refractivity contribution in [1.82, 2.24) is 0 Å². The first-order valence-corrected chi connectivity index (χ1v) is 6.05. The largest absolute Gasteiger partial charge is 0.465 e. The van der Waals surface area contributed by atoms with Crippen molar-refractivity contribution in [3.8, 4) is 0 Å². The molecule has 0 bridgehead atoms. The molecule has 1 aromatic rings. The lowest BCUT2D eigenvalue weighted by Gasteiger charge is -2.24. The maximum absolute atomic E-state index is 11.6. The Hall–Kier alpha value is -1.59. The number of carbonyl (C=O) groups is 1. The maximum Gasteiger partial charge on any atom is 0.338 e. The van der Waals surface area contributed by atoms with Gasteiger partial charge >= 0.3 is 5.97 Å². The smallest absolute Gasteiger partial charge is 0.338 e. The number of benzene rings is 1. The number of methoxy groups -OCH3 is 3. The van der Waals surface area contributed by atoms with E-state index < -0.39 is 0 Å². The Morgan fingerprint density at radius 2 is 1.84 bits per heavy atom. The van der Waals surface area contributed by atoms with Gasteiger partial charge in [0.25, 0.3) is 0 Å². The molecule has 0 radical (unpaired) electrons. The predicted octanol–water partition coefficient (Wildman–Crippen LogP) is 2.20. The van der Waals surface area contributed by atoms with Crippen LogP contribution in [0.15, 0.2) is 18.2 Å². The Labute approximate surface area is 113 Å². The molecule has 1 unspecified atom stereocenters. The van der Waals surface area contributed by atoms with Gasteiger partial charge in [-0.15, -0.1) is 0 Å². The van der Waals surface area contributed by atoms with E-state index in [0.29, 0.717) is 5.56 Å². The summed E-state index contributed by atoms with van der Waals surface area (Å²) in [5.74, 6) is -0.344. The highest BCUT2D eigenvalue weighted by Crippen LogP contribution is 2.21. The standard InChI is InChI=1S/C14H21NO4/c1-9-11(13(16)17-3)7-6-8-12(9)15-10(2)14(18-4)19-5/h6-8,10,14-15H,1-5H3. The van der Waals surface area contributed by atoms with Gasteiger partial charge in [-0.1, -0.05) is 6.07 Å². The molecule has 1 rings (SSSR count). The van der Waals surface area contributed by atoms with E-state index in [-0.39, 0.29) is 18.3 Å². The number of ether oxygens (including phenoxy) is 3. The Morgan fingerprint density at radius 3 is 2.37 bits per heavy atom. The van der Waals surface area contributed by atoms with Crippen molar-refractivity contribution in [2.24, 2.45) is 0 Å². The molecular weight excluding hydrogens is 246 g/mol. The molecule has 0 saturated carbocycles. The first-order chi connectivity index (χ1) is 9.04. The molecule has 1 aromatic carbocycles. The van der Waals surface area contributed by atoms with Gasteiger partial charge in [-0.2, -0.15) is 0 Å². The van der Waals surface area contributed by atoms with E-state index in [4.69, 9.17) is 14.2 Å². The average Bonchev–Trinajstić information content (AvgIpc) is 2.41. The molecule has 1 N–H and O–H groups in total. The molecule has 1 atom stereocenters. The SMILES string of the molecule is COC(=O)c1cccc(NC(C)C(OC)OC)c1C. The van der Waals surface area contributed by atoms with Crippen molar-refractivity contribution in [2.45, 2.75) is 26.2 Å². The van der Waals surface area contributed by atoms with E-state index in [9.17, 15) is 4.79 Å². The molecule has 19 heavy (non-hydrogen) atoms. The van der Waals surface area contributed by atoms with Crippen LogP contribution in [0.1, 0.15) is 22.8 Å². The predicted molar refractivity (Wildman–Crippen MR) is 73.4 cm³/mol. The second-order valence-electron chi connectivity index (χ2n) is 4.24. The van der Waals surface area contributed by atoms with Crippen molar-refractivity contribution in [3.63, 3.8) is 0 Å². The van der Waals surface area contributed by atoms with Crippen LogP contribution in [0.2, 0.25) is 0 Å². The Kier molecular flexibility index (Phi) is 5.79. The molecule has 106 valence electrons. The molecule has 0 aliphatic carbocycles. The van der Waals surface area contributed by atoms with Crippen molar-refractivity contribution in [2.75, 3.05) is 26.6 Å². The lowest BCUT2D eigenvalue weighted by molar-refractivity contribution is -0.109. The summed E-state index contributed by atoms with van der Waals surface area (Å²) < 4.78 is 15.1. The third kappa shape index (κ3) is 3.68. The fraction of sp³-hybridized carbons (Fsp3) is 0.500. The van der Waals surface area contributed by atoms with E-state index in [2.05, 4.69) is 5.32 Å². The summed E-state index contributed by atoms with van der Waals surface area (Å²) in [6, 6.07) is 5.40. The molecule has 5 nitrogen and oxygen atoms in total. The first kappa shape index (κ1) is 15.5. The van der Waals surface area contributed by atoms with Crippen LogP contribution in [0.25, 0.3) is 0 Å². The summed E-state index contributed by atoms with van der Waals surface area (Å²) in [4.78, 5) is 11.6. The number of esters is 1. The van der Waals surface area contributed by atoms with Gasteiger partial charge in [0.2, 0.25) is 0 Å².